The van der Waals surface area contributed by atoms with E-state index in [2.05, 4.69) is 78.9 Å². The molecule has 0 spiro atoms. The zero-order valence-electron chi connectivity index (χ0n) is 30.9. The van der Waals surface area contributed by atoms with Gasteiger partial charge in [0.1, 0.15) is 5.52 Å². The van der Waals surface area contributed by atoms with Crippen molar-refractivity contribution in [2.24, 2.45) is 10.4 Å². The first-order valence-corrected chi connectivity index (χ1v) is 16.5. The number of hydrogen-bond donors (Lipinski definition) is 1. The minimum Gasteiger partial charge on any atom is -0.478 e. The minimum absolute atomic E-state index is 0.101. The Morgan fingerprint density at radius 1 is 0.957 bits per heavy atom. The van der Waals surface area contributed by atoms with Crippen LogP contribution in [0, 0.1) is 5.41 Å². The Hall–Kier alpha value is -3.51. The van der Waals surface area contributed by atoms with Gasteiger partial charge in [-0.2, -0.15) is 0 Å². The maximum absolute atomic E-state index is 11.6. The first-order valence-electron chi connectivity index (χ1n) is 16.1. The molecule has 7 heteroatoms. The highest BCUT2D eigenvalue weighted by atomic mass is 35.5. The van der Waals surface area contributed by atoms with Crippen LogP contribution in [0.3, 0.4) is 0 Å². The Morgan fingerprint density at radius 3 is 1.80 bits per heavy atom. The number of aliphatic carboxylic acids is 1. The molecule has 256 valence electrons. The number of hydrogen-bond acceptors (Lipinski definition) is 5. The molecular weight excluding hydrogens is 596 g/mol. The van der Waals surface area contributed by atoms with Crippen LogP contribution in [0.5, 0.6) is 0 Å². The largest absolute Gasteiger partial charge is 0.478 e. The SMILES string of the molecule is C=C/C(=C\N=C(C)C)C(=O)O.CC.CC(=O)c1cc2nc(-c3ccc(Cl)cc3)cc(C(C)(C)C)c2o1.CCC(C)(C)C.CCCC. The number of carbonyl (C=O) groups is 2. The molecule has 0 atom stereocenters. The first kappa shape index (κ1) is 44.6. The summed E-state index contributed by atoms with van der Waals surface area (Å²) < 4.78 is 5.76. The predicted molar refractivity (Wildman–Crippen MR) is 200 cm³/mol. The smallest absolute Gasteiger partial charge is 0.337 e. The first-order chi connectivity index (χ1) is 21.3. The van der Waals surface area contributed by atoms with Crippen LogP contribution in [0.15, 0.2) is 70.2 Å². The average molecular weight is 655 g/mol. The molecule has 0 bridgehead atoms. The molecule has 0 aliphatic heterocycles. The van der Waals surface area contributed by atoms with Gasteiger partial charge in [-0.1, -0.05) is 132 Å². The normalized spacial score (nSPS) is 10.8. The quantitative estimate of drug-likeness (QED) is 0.123. The van der Waals surface area contributed by atoms with Crippen molar-refractivity contribution >= 4 is 40.2 Å². The molecule has 1 aromatic carbocycles. The van der Waals surface area contributed by atoms with Gasteiger partial charge in [-0.05, 0) is 42.9 Å². The monoisotopic (exact) mass is 654 g/mol. The number of Topliss-reactive ketones (excluding diaryl/α,β-unsaturated/α-hetero) is 1. The van der Waals surface area contributed by atoms with Crippen LogP contribution >= 0.6 is 11.6 Å². The van der Waals surface area contributed by atoms with Crippen molar-refractivity contribution in [2.45, 2.75) is 122 Å². The molecule has 0 saturated carbocycles. The fourth-order valence-corrected chi connectivity index (χ4v) is 3.04. The number of ketones is 1. The minimum atomic E-state index is -1.01. The standard InChI is InChI=1S/C19H18ClNO2.C8H11NO2.C6H14.C4H10.C2H6/c1-11(22)17-10-16-18(23-17)14(19(2,3)4)9-15(21-16)12-5-7-13(20)8-6-12;1-4-7(8(10)11)5-9-6(2)3;1-5-6(2,3)4;1-3-4-2;1-2/h5-10H,1-4H3;4-5H,1H2,2-3H3,(H,10,11);5H2,1-4H3;3-4H2,1-2H3;1-2H3/b;7-5+;;;. The van der Waals surface area contributed by atoms with Gasteiger partial charge in [-0.25, -0.2) is 9.78 Å². The Morgan fingerprint density at radius 2 is 1.46 bits per heavy atom. The Bertz CT molecular complexity index is 1410. The van der Waals surface area contributed by atoms with E-state index >= 15 is 0 Å². The molecule has 0 aliphatic rings. The number of carbonyl (C=O) groups excluding carboxylic acids is 1. The van der Waals surface area contributed by atoms with Crippen molar-refractivity contribution in [3.63, 3.8) is 0 Å². The van der Waals surface area contributed by atoms with E-state index in [0.29, 0.717) is 27.3 Å². The Labute approximate surface area is 284 Å². The van der Waals surface area contributed by atoms with Gasteiger partial charge in [0.25, 0.3) is 0 Å². The van der Waals surface area contributed by atoms with Gasteiger partial charge in [-0.3, -0.25) is 9.79 Å². The van der Waals surface area contributed by atoms with Gasteiger partial charge in [0.05, 0.1) is 11.3 Å². The van der Waals surface area contributed by atoms with Crippen LogP contribution in [0.1, 0.15) is 132 Å². The van der Waals surface area contributed by atoms with Gasteiger partial charge in [-0.15, -0.1) is 0 Å². The van der Waals surface area contributed by atoms with Crippen molar-refractivity contribution in [3.05, 3.63) is 77.2 Å². The molecule has 2 aromatic heterocycles. The lowest BCUT2D eigenvalue weighted by atomic mass is 9.86. The van der Waals surface area contributed by atoms with E-state index in [9.17, 15) is 9.59 Å². The lowest BCUT2D eigenvalue weighted by molar-refractivity contribution is -0.132. The summed E-state index contributed by atoms with van der Waals surface area (Å²) in [6, 6.07) is 11.3. The second-order valence-electron chi connectivity index (χ2n) is 12.8. The third-order valence-electron chi connectivity index (χ3n) is 6.26. The van der Waals surface area contributed by atoms with E-state index in [4.69, 9.17) is 21.1 Å². The average Bonchev–Trinajstić information content (AvgIpc) is 3.43. The number of benzene rings is 1. The van der Waals surface area contributed by atoms with Crippen molar-refractivity contribution in [3.8, 4) is 11.3 Å². The molecule has 1 N–H and O–H groups in total. The fraction of sp³-hybridized carbons (Fsp3) is 0.487. The molecule has 46 heavy (non-hydrogen) atoms. The van der Waals surface area contributed by atoms with Gasteiger partial charge < -0.3 is 9.52 Å². The van der Waals surface area contributed by atoms with E-state index in [1.807, 2.05) is 44.2 Å². The number of halogens is 1. The number of fused-ring (bicyclic) bond motifs is 1. The highest BCUT2D eigenvalue weighted by Crippen LogP contribution is 2.34. The van der Waals surface area contributed by atoms with Crippen LogP contribution in [0.4, 0.5) is 0 Å². The number of aliphatic imine (C=N–C) groups is 1. The topological polar surface area (TPSA) is 92.8 Å². The zero-order chi connectivity index (χ0) is 36.3. The number of carboxylic acid groups (broad SMARTS) is 1. The second-order valence-corrected chi connectivity index (χ2v) is 13.2. The summed E-state index contributed by atoms with van der Waals surface area (Å²) in [6.07, 6.45) is 6.45. The third kappa shape index (κ3) is 17.8. The number of furan rings is 1. The third-order valence-corrected chi connectivity index (χ3v) is 6.52. The van der Waals surface area contributed by atoms with E-state index in [1.54, 1.807) is 19.9 Å². The summed E-state index contributed by atoms with van der Waals surface area (Å²) in [5, 5.41) is 9.17. The van der Waals surface area contributed by atoms with Gasteiger partial charge in [0, 0.05) is 41.1 Å². The maximum atomic E-state index is 11.6. The van der Waals surface area contributed by atoms with Gasteiger partial charge >= 0.3 is 5.97 Å². The molecule has 0 radical (unpaired) electrons. The van der Waals surface area contributed by atoms with E-state index in [0.717, 1.165) is 22.5 Å². The summed E-state index contributed by atoms with van der Waals surface area (Å²) >= 11 is 5.96. The van der Waals surface area contributed by atoms with E-state index in [1.165, 1.54) is 38.5 Å². The molecule has 6 nitrogen and oxygen atoms in total. The molecule has 3 rings (SSSR count). The lowest BCUT2D eigenvalue weighted by Gasteiger charge is -2.20. The highest BCUT2D eigenvalue weighted by molar-refractivity contribution is 6.30. The Balaban J connectivity index is 0. The molecular formula is C39H59ClN2O4. The van der Waals surface area contributed by atoms with Crippen molar-refractivity contribution < 1.29 is 19.1 Å². The van der Waals surface area contributed by atoms with Crippen molar-refractivity contribution in [2.75, 3.05) is 0 Å². The summed E-state index contributed by atoms with van der Waals surface area (Å²) in [7, 11) is 0. The predicted octanol–water partition coefficient (Wildman–Crippen LogP) is 12.5. The van der Waals surface area contributed by atoms with E-state index in [-0.39, 0.29) is 16.8 Å². The number of rotatable bonds is 6. The molecule has 0 fully saturated rings. The zero-order valence-corrected chi connectivity index (χ0v) is 31.6. The van der Waals surface area contributed by atoms with Gasteiger partial charge in [0.2, 0.25) is 0 Å². The summed E-state index contributed by atoms with van der Waals surface area (Å²) in [6.45, 7) is 32.1. The van der Waals surface area contributed by atoms with E-state index < -0.39 is 5.97 Å². The number of aromatic nitrogens is 1. The molecule has 3 aromatic rings. The van der Waals surface area contributed by atoms with Crippen LogP contribution in [-0.2, 0) is 10.2 Å². The maximum Gasteiger partial charge on any atom is 0.337 e. The molecule has 2 heterocycles. The number of unbranched alkanes of at least 4 members (excludes halogenated alkanes) is 1. The van der Waals surface area contributed by atoms with Gasteiger partial charge in [0.15, 0.2) is 17.1 Å². The van der Waals surface area contributed by atoms with Crippen molar-refractivity contribution in [1.82, 2.24) is 4.98 Å². The highest BCUT2D eigenvalue weighted by Gasteiger charge is 2.23. The molecule has 0 saturated heterocycles. The second kappa shape index (κ2) is 22.1. The van der Waals surface area contributed by atoms with Crippen LogP contribution < -0.4 is 0 Å². The molecule has 0 amide bonds. The van der Waals surface area contributed by atoms with Crippen LogP contribution in [-0.4, -0.2) is 27.6 Å². The van der Waals surface area contributed by atoms with Crippen molar-refractivity contribution in [1.29, 1.82) is 0 Å². The number of nitrogens with zero attached hydrogens (tertiary/aromatic N) is 2. The van der Waals surface area contributed by atoms with Crippen LogP contribution in [0.25, 0.3) is 22.4 Å². The summed E-state index contributed by atoms with van der Waals surface area (Å²) in [4.78, 5) is 30.4. The molecule has 0 aliphatic carbocycles. The Kier molecular flexibility index (Phi) is 21.4. The fourth-order valence-electron chi connectivity index (χ4n) is 2.91. The molecule has 0 unspecified atom stereocenters. The summed E-state index contributed by atoms with van der Waals surface area (Å²) in [5.74, 6) is -0.771. The summed E-state index contributed by atoms with van der Waals surface area (Å²) in [5.41, 5.74) is 5.56. The number of pyridine rings is 1. The number of carboxylic acids is 1. The van der Waals surface area contributed by atoms with Crippen LogP contribution in [0.2, 0.25) is 5.02 Å². The lowest BCUT2D eigenvalue weighted by Crippen LogP contribution is -2.12.